The number of anilines is 1. The van der Waals surface area contributed by atoms with E-state index >= 15 is 0 Å². The van der Waals surface area contributed by atoms with Crippen LogP contribution < -0.4 is 5.32 Å². The van der Waals surface area contributed by atoms with Gasteiger partial charge in [0.15, 0.2) is 0 Å². The van der Waals surface area contributed by atoms with Crippen LogP contribution in [0.5, 0.6) is 0 Å². The topological polar surface area (TPSA) is 91.8 Å². The summed E-state index contributed by atoms with van der Waals surface area (Å²) in [5, 5.41) is 12.1. The van der Waals surface area contributed by atoms with Gasteiger partial charge in [-0.25, -0.2) is 0 Å². The second-order valence-electron chi connectivity index (χ2n) is 6.24. The first kappa shape index (κ1) is 15.7. The molecule has 1 aromatic heterocycles. The number of pyridine rings is 1. The number of carboxylic acids is 1. The fourth-order valence-corrected chi connectivity index (χ4v) is 3.33. The highest BCUT2D eigenvalue weighted by atomic mass is 16.5. The fraction of sp³-hybridized carbons (Fsp3) is 0.562. The number of hydrogen-bond acceptors (Lipinski definition) is 5. The number of likely N-dealkylation sites (tertiary alicyclic amines) is 1. The van der Waals surface area contributed by atoms with Gasteiger partial charge in [0, 0.05) is 38.3 Å². The van der Waals surface area contributed by atoms with Crippen LogP contribution in [-0.2, 0) is 14.3 Å². The van der Waals surface area contributed by atoms with E-state index in [-0.39, 0.29) is 30.4 Å². The van der Waals surface area contributed by atoms with Crippen molar-refractivity contribution in [2.24, 2.45) is 0 Å². The number of carbonyl (C=O) groups excluding carboxylic acids is 1. The van der Waals surface area contributed by atoms with Gasteiger partial charge in [0.05, 0.1) is 30.4 Å². The number of aromatic nitrogens is 1. The molecule has 2 saturated heterocycles. The maximum absolute atomic E-state index is 12.0. The zero-order chi connectivity index (χ0) is 16.3. The van der Waals surface area contributed by atoms with Crippen LogP contribution in [0, 0.1) is 0 Å². The van der Waals surface area contributed by atoms with Gasteiger partial charge in [-0.2, -0.15) is 0 Å². The van der Waals surface area contributed by atoms with Gasteiger partial charge in [0.2, 0.25) is 5.91 Å². The molecule has 1 aromatic rings. The lowest BCUT2D eigenvalue weighted by molar-refractivity contribution is -0.140. The molecule has 3 heterocycles. The van der Waals surface area contributed by atoms with Crippen molar-refractivity contribution in [1.29, 1.82) is 0 Å². The van der Waals surface area contributed by atoms with Crippen LogP contribution >= 0.6 is 0 Å². The summed E-state index contributed by atoms with van der Waals surface area (Å²) < 4.78 is 6.00. The van der Waals surface area contributed by atoms with Crippen LogP contribution in [0.15, 0.2) is 24.5 Å². The number of amides is 1. The maximum atomic E-state index is 12.0. The van der Waals surface area contributed by atoms with Crippen LogP contribution in [0.3, 0.4) is 0 Å². The third-order valence-corrected chi connectivity index (χ3v) is 4.46. The van der Waals surface area contributed by atoms with Gasteiger partial charge in [-0.15, -0.1) is 0 Å². The first-order valence-corrected chi connectivity index (χ1v) is 7.86. The number of ether oxygens (including phenoxy) is 1. The van der Waals surface area contributed by atoms with Crippen LogP contribution in [-0.4, -0.2) is 58.2 Å². The molecule has 0 bridgehead atoms. The molecule has 0 aliphatic carbocycles. The molecule has 3 rings (SSSR count). The molecule has 7 nitrogen and oxygen atoms in total. The zero-order valence-electron chi connectivity index (χ0n) is 12.9. The molecule has 0 saturated carbocycles. The molecule has 0 unspecified atom stereocenters. The second kappa shape index (κ2) is 6.54. The van der Waals surface area contributed by atoms with E-state index in [4.69, 9.17) is 9.84 Å². The van der Waals surface area contributed by atoms with Gasteiger partial charge in [-0.1, -0.05) is 0 Å². The Hall–Kier alpha value is -2.15. The number of aliphatic carboxylic acids is 1. The van der Waals surface area contributed by atoms with E-state index in [9.17, 15) is 9.59 Å². The quantitative estimate of drug-likeness (QED) is 0.845. The minimum atomic E-state index is -0.940. The zero-order valence-corrected chi connectivity index (χ0v) is 12.9. The summed E-state index contributed by atoms with van der Waals surface area (Å²) in [7, 11) is 0. The van der Waals surface area contributed by atoms with Crippen LogP contribution in [0.2, 0.25) is 0 Å². The molecular formula is C16H21N3O4. The average molecular weight is 319 g/mol. The predicted molar refractivity (Wildman–Crippen MR) is 83.0 cm³/mol. The third kappa shape index (κ3) is 3.79. The highest BCUT2D eigenvalue weighted by Crippen LogP contribution is 2.36. The maximum Gasteiger partial charge on any atom is 0.303 e. The molecule has 2 fully saturated rings. The molecule has 2 N–H and O–H groups in total. The normalized spacial score (nSPS) is 26.6. The predicted octanol–water partition coefficient (Wildman–Crippen LogP) is 1.12. The van der Waals surface area contributed by atoms with Gasteiger partial charge < -0.3 is 20.1 Å². The van der Waals surface area contributed by atoms with Crippen LogP contribution in [0.4, 0.5) is 5.69 Å². The Kier molecular flexibility index (Phi) is 4.47. The number of rotatable bonds is 5. The minimum absolute atomic E-state index is 0.0583. The van der Waals surface area contributed by atoms with Crippen molar-refractivity contribution in [2.75, 3.05) is 25.0 Å². The summed E-state index contributed by atoms with van der Waals surface area (Å²) in [4.78, 5) is 28.4. The van der Waals surface area contributed by atoms with Crippen molar-refractivity contribution in [2.45, 2.75) is 37.3 Å². The molecule has 2 atom stereocenters. The third-order valence-electron chi connectivity index (χ3n) is 4.46. The number of hydrogen-bond donors (Lipinski definition) is 2. The largest absolute Gasteiger partial charge is 0.481 e. The van der Waals surface area contributed by atoms with Gasteiger partial charge >= 0.3 is 5.97 Å². The van der Waals surface area contributed by atoms with Crippen molar-refractivity contribution in [3.63, 3.8) is 0 Å². The molecule has 1 amide bonds. The summed E-state index contributed by atoms with van der Waals surface area (Å²) in [5.74, 6) is -1.04. The van der Waals surface area contributed by atoms with Crippen LogP contribution in [0.1, 0.15) is 25.7 Å². The summed E-state index contributed by atoms with van der Waals surface area (Å²) in [6.07, 6.45) is 5.09. The van der Waals surface area contributed by atoms with Gasteiger partial charge in [0.1, 0.15) is 0 Å². The Morgan fingerprint density at radius 3 is 3.09 bits per heavy atom. The SMILES string of the molecule is O=C(O)CCC(=O)N1CC[C@@]2(C[C@H](Nc3cccnc3)CO2)C1. The standard InChI is InChI=1S/C16H21N3O4/c20-14(3-4-15(21)22)19-7-5-16(11-19)8-13(10-23-16)18-12-2-1-6-17-9-12/h1-2,6,9,13,18H,3-5,7-8,10-11H2,(H,21,22)/t13-,16+/m0/s1. The van der Waals surface area contributed by atoms with E-state index in [1.807, 2.05) is 12.1 Å². The second-order valence-corrected chi connectivity index (χ2v) is 6.24. The summed E-state index contributed by atoms with van der Waals surface area (Å²) in [5.41, 5.74) is 0.671. The molecule has 2 aliphatic heterocycles. The molecule has 0 radical (unpaired) electrons. The van der Waals surface area contributed by atoms with Crippen molar-refractivity contribution in [3.05, 3.63) is 24.5 Å². The van der Waals surface area contributed by atoms with E-state index in [1.54, 1.807) is 17.3 Å². The Labute approximate surface area is 134 Å². The Morgan fingerprint density at radius 2 is 2.35 bits per heavy atom. The molecule has 2 aliphatic rings. The highest BCUT2D eigenvalue weighted by molar-refractivity contribution is 5.81. The Balaban J connectivity index is 1.52. The lowest BCUT2D eigenvalue weighted by Gasteiger charge is -2.23. The van der Waals surface area contributed by atoms with E-state index in [2.05, 4.69) is 10.3 Å². The van der Waals surface area contributed by atoms with Gasteiger partial charge in [-0.3, -0.25) is 14.6 Å². The van der Waals surface area contributed by atoms with Crippen LogP contribution in [0.25, 0.3) is 0 Å². The number of carboxylic acid groups (broad SMARTS) is 1. The Morgan fingerprint density at radius 1 is 1.48 bits per heavy atom. The van der Waals surface area contributed by atoms with E-state index in [0.29, 0.717) is 19.7 Å². The lowest BCUT2D eigenvalue weighted by atomic mass is 9.97. The van der Waals surface area contributed by atoms with Crippen molar-refractivity contribution in [3.8, 4) is 0 Å². The molecular weight excluding hydrogens is 298 g/mol. The van der Waals surface area contributed by atoms with E-state index < -0.39 is 5.97 Å². The fourth-order valence-electron chi connectivity index (χ4n) is 3.33. The van der Waals surface area contributed by atoms with Crippen molar-refractivity contribution >= 4 is 17.6 Å². The molecule has 23 heavy (non-hydrogen) atoms. The molecule has 0 aromatic carbocycles. The minimum Gasteiger partial charge on any atom is -0.481 e. The average Bonchev–Trinajstić information content (AvgIpc) is 3.13. The summed E-state index contributed by atoms with van der Waals surface area (Å²) in [6.45, 7) is 1.79. The smallest absolute Gasteiger partial charge is 0.303 e. The highest BCUT2D eigenvalue weighted by Gasteiger charge is 2.46. The Bertz CT molecular complexity index is 580. The molecule has 124 valence electrons. The monoisotopic (exact) mass is 319 g/mol. The summed E-state index contributed by atoms with van der Waals surface area (Å²) >= 11 is 0. The van der Waals surface area contributed by atoms with Crippen molar-refractivity contribution in [1.82, 2.24) is 9.88 Å². The number of carbonyl (C=O) groups is 2. The lowest BCUT2D eigenvalue weighted by Crippen LogP contribution is -2.36. The first-order chi connectivity index (χ1) is 11.1. The van der Waals surface area contributed by atoms with E-state index in [1.165, 1.54) is 0 Å². The number of nitrogens with zero attached hydrogens (tertiary/aromatic N) is 2. The van der Waals surface area contributed by atoms with Gasteiger partial charge in [-0.05, 0) is 18.6 Å². The number of nitrogens with one attached hydrogen (secondary N) is 1. The summed E-state index contributed by atoms with van der Waals surface area (Å²) in [6, 6.07) is 4.05. The van der Waals surface area contributed by atoms with Gasteiger partial charge in [0.25, 0.3) is 0 Å². The molecule has 7 heteroatoms. The van der Waals surface area contributed by atoms with Crippen molar-refractivity contribution < 1.29 is 19.4 Å². The van der Waals surface area contributed by atoms with E-state index in [0.717, 1.165) is 18.5 Å². The first-order valence-electron chi connectivity index (χ1n) is 7.86. The molecule has 1 spiro atoms.